The van der Waals surface area contributed by atoms with Crippen molar-refractivity contribution in [2.75, 3.05) is 19.7 Å². The molecule has 0 amide bonds. The second-order valence-corrected chi connectivity index (χ2v) is 5.12. The highest BCUT2D eigenvalue weighted by Crippen LogP contribution is 2.29. The summed E-state index contributed by atoms with van der Waals surface area (Å²) in [6, 6.07) is 18.4. The van der Waals surface area contributed by atoms with Crippen molar-refractivity contribution in [1.82, 2.24) is 5.32 Å². The Morgan fingerprint density at radius 3 is 2.52 bits per heavy atom. The van der Waals surface area contributed by atoms with Crippen LogP contribution < -0.4 is 10.1 Å². The summed E-state index contributed by atoms with van der Waals surface area (Å²) in [5.41, 5.74) is 2.29. The van der Waals surface area contributed by atoms with Crippen molar-refractivity contribution in [2.24, 2.45) is 0 Å². The summed E-state index contributed by atoms with van der Waals surface area (Å²) in [6.45, 7) is 3.91. The van der Waals surface area contributed by atoms with Gasteiger partial charge in [0, 0.05) is 12.1 Å². The fourth-order valence-corrected chi connectivity index (χ4v) is 2.14. The topological polar surface area (TPSA) is 41.5 Å². The molecule has 0 unspecified atom stereocenters. The molecule has 0 heterocycles. The van der Waals surface area contributed by atoms with Crippen LogP contribution in [0.15, 0.2) is 54.6 Å². The van der Waals surface area contributed by atoms with E-state index >= 15 is 0 Å². The molecular formula is C18H23NO2. The molecule has 0 aliphatic rings. The maximum absolute atomic E-state index is 9.16. The van der Waals surface area contributed by atoms with Gasteiger partial charge in [-0.25, -0.2) is 0 Å². The Morgan fingerprint density at radius 1 is 1.05 bits per heavy atom. The third kappa shape index (κ3) is 5.21. The molecule has 2 N–H and O–H groups in total. The zero-order chi connectivity index (χ0) is 14.9. The number of nitrogens with one attached hydrogen (secondary N) is 1. The fraction of sp³-hybridized carbons (Fsp3) is 0.333. The Labute approximate surface area is 126 Å². The van der Waals surface area contributed by atoms with Crippen molar-refractivity contribution in [2.45, 2.75) is 19.4 Å². The molecule has 3 nitrogen and oxygen atoms in total. The van der Waals surface area contributed by atoms with Gasteiger partial charge in [-0.1, -0.05) is 48.5 Å². The molecule has 3 heteroatoms. The van der Waals surface area contributed by atoms with Gasteiger partial charge in [0.2, 0.25) is 0 Å². The first-order valence-electron chi connectivity index (χ1n) is 7.43. The number of para-hydroxylation sites is 1. The average molecular weight is 285 g/mol. The molecule has 0 radical (unpaired) electrons. The summed E-state index contributed by atoms with van der Waals surface area (Å²) in [7, 11) is 0. The van der Waals surface area contributed by atoms with Gasteiger partial charge in [-0.05, 0) is 31.5 Å². The smallest absolute Gasteiger partial charge is 0.127 e. The van der Waals surface area contributed by atoms with Crippen molar-refractivity contribution < 1.29 is 9.84 Å². The van der Waals surface area contributed by atoms with E-state index in [1.165, 1.54) is 5.56 Å². The van der Waals surface area contributed by atoms with Crippen molar-refractivity contribution in [3.63, 3.8) is 0 Å². The molecule has 21 heavy (non-hydrogen) atoms. The van der Waals surface area contributed by atoms with Crippen LogP contribution in [0.2, 0.25) is 0 Å². The first-order valence-corrected chi connectivity index (χ1v) is 7.43. The molecule has 0 aromatic heterocycles. The van der Waals surface area contributed by atoms with Crippen LogP contribution in [-0.4, -0.2) is 30.9 Å². The zero-order valence-corrected chi connectivity index (χ0v) is 12.5. The van der Waals surface area contributed by atoms with Crippen molar-refractivity contribution in [3.05, 3.63) is 54.6 Å². The maximum atomic E-state index is 9.16. The molecule has 2 aromatic rings. The second kappa shape index (κ2) is 8.45. The van der Waals surface area contributed by atoms with Gasteiger partial charge in [-0.3, -0.25) is 0 Å². The minimum Gasteiger partial charge on any atom is -0.493 e. The second-order valence-electron chi connectivity index (χ2n) is 5.12. The number of benzene rings is 2. The summed E-state index contributed by atoms with van der Waals surface area (Å²) >= 11 is 0. The van der Waals surface area contributed by atoms with Crippen molar-refractivity contribution >= 4 is 0 Å². The fourth-order valence-electron chi connectivity index (χ4n) is 2.14. The molecule has 2 rings (SSSR count). The minimum atomic E-state index is -0.301. The van der Waals surface area contributed by atoms with Crippen LogP contribution in [0, 0.1) is 0 Å². The minimum absolute atomic E-state index is 0.301. The lowest BCUT2D eigenvalue weighted by Crippen LogP contribution is -2.26. The molecule has 0 aliphatic heterocycles. The number of aliphatic hydroxyl groups excluding tert-OH is 1. The number of ether oxygens (including phenoxy) is 1. The van der Waals surface area contributed by atoms with Gasteiger partial charge in [-0.2, -0.15) is 0 Å². The van der Waals surface area contributed by atoms with Crippen molar-refractivity contribution in [1.29, 1.82) is 0 Å². The molecular weight excluding hydrogens is 262 g/mol. The molecule has 0 bridgehead atoms. The van der Waals surface area contributed by atoms with Gasteiger partial charge in [0.15, 0.2) is 0 Å². The number of aliphatic hydroxyl groups is 1. The van der Waals surface area contributed by atoms with Crippen LogP contribution in [0.1, 0.15) is 13.3 Å². The highest BCUT2D eigenvalue weighted by molar-refractivity contribution is 5.70. The molecule has 0 aliphatic carbocycles. The van der Waals surface area contributed by atoms with Gasteiger partial charge in [-0.15, -0.1) is 0 Å². The van der Waals surface area contributed by atoms with Crippen LogP contribution in [0.5, 0.6) is 5.75 Å². The highest BCUT2D eigenvalue weighted by atomic mass is 16.5. The number of rotatable bonds is 8. The normalized spacial score (nSPS) is 12.1. The molecule has 2 aromatic carbocycles. The maximum Gasteiger partial charge on any atom is 0.127 e. The van der Waals surface area contributed by atoms with Gasteiger partial charge >= 0.3 is 0 Å². The van der Waals surface area contributed by atoms with E-state index in [2.05, 4.69) is 23.5 Å². The highest BCUT2D eigenvalue weighted by Gasteiger charge is 2.04. The van der Waals surface area contributed by atoms with E-state index in [0.717, 1.165) is 24.3 Å². The van der Waals surface area contributed by atoms with E-state index in [1.807, 2.05) is 36.4 Å². The van der Waals surface area contributed by atoms with Gasteiger partial charge in [0.1, 0.15) is 5.75 Å². The Morgan fingerprint density at radius 2 is 1.76 bits per heavy atom. The molecule has 0 fully saturated rings. The summed E-state index contributed by atoms with van der Waals surface area (Å²) in [5.74, 6) is 0.916. The zero-order valence-electron chi connectivity index (χ0n) is 12.5. The van der Waals surface area contributed by atoms with Crippen LogP contribution in [-0.2, 0) is 0 Å². The number of hydrogen-bond donors (Lipinski definition) is 2. The van der Waals surface area contributed by atoms with E-state index in [4.69, 9.17) is 9.84 Å². The quantitative estimate of drug-likeness (QED) is 0.732. The van der Waals surface area contributed by atoms with E-state index in [9.17, 15) is 0 Å². The first kappa shape index (κ1) is 15.5. The van der Waals surface area contributed by atoms with E-state index < -0.39 is 0 Å². The SMILES string of the molecule is C[C@@H](O)CNCCCOc1ccccc1-c1ccccc1. The van der Waals surface area contributed by atoms with Gasteiger partial charge in [0.05, 0.1) is 12.7 Å². The molecule has 1 atom stereocenters. The Bertz CT molecular complexity index is 526. The van der Waals surface area contributed by atoms with E-state index in [1.54, 1.807) is 6.92 Å². The van der Waals surface area contributed by atoms with Crippen LogP contribution in [0.25, 0.3) is 11.1 Å². The summed E-state index contributed by atoms with van der Waals surface area (Å²) in [4.78, 5) is 0. The van der Waals surface area contributed by atoms with E-state index in [-0.39, 0.29) is 6.10 Å². The van der Waals surface area contributed by atoms with Crippen LogP contribution in [0.3, 0.4) is 0 Å². The average Bonchev–Trinajstić information content (AvgIpc) is 2.52. The molecule has 0 spiro atoms. The Balaban J connectivity index is 1.87. The largest absolute Gasteiger partial charge is 0.493 e. The first-order chi connectivity index (χ1) is 10.3. The van der Waals surface area contributed by atoms with Crippen LogP contribution >= 0.6 is 0 Å². The molecule has 0 saturated carbocycles. The predicted octanol–water partition coefficient (Wildman–Crippen LogP) is 3.09. The summed E-state index contributed by atoms with van der Waals surface area (Å²) in [6.07, 6.45) is 0.611. The monoisotopic (exact) mass is 285 g/mol. The Hall–Kier alpha value is -1.84. The lowest BCUT2D eigenvalue weighted by atomic mass is 10.1. The predicted molar refractivity (Wildman–Crippen MR) is 86.5 cm³/mol. The van der Waals surface area contributed by atoms with Crippen molar-refractivity contribution in [3.8, 4) is 16.9 Å². The van der Waals surface area contributed by atoms with E-state index in [0.29, 0.717) is 13.2 Å². The van der Waals surface area contributed by atoms with Gasteiger partial charge < -0.3 is 15.2 Å². The van der Waals surface area contributed by atoms with Gasteiger partial charge in [0.25, 0.3) is 0 Å². The molecule has 0 saturated heterocycles. The molecule has 112 valence electrons. The Kier molecular flexibility index (Phi) is 6.25. The lowest BCUT2D eigenvalue weighted by Gasteiger charge is -2.12. The van der Waals surface area contributed by atoms with Crippen LogP contribution in [0.4, 0.5) is 0 Å². The number of hydrogen-bond acceptors (Lipinski definition) is 3. The summed E-state index contributed by atoms with van der Waals surface area (Å²) < 4.78 is 5.90. The standard InChI is InChI=1S/C18H23NO2/c1-15(20)14-19-12-7-13-21-18-11-6-5-10-17(18)16-8-3-2-4-9-16/h2-6,8-11,15,19-20H,7,12-14H2,1H3/t15-/m1/s1. The third-order valence-corrected chi connectivity index (χ3v) is 3.17. The third-order valence-electron chi connectivity index (χ3n) is 3.17. The summed E-state index contributed by atoms with van der Waals surface area (Å²) in [5, 5.41) is 12.3. The lowest BCUT2D eigenvalue weighted by molar-refractivity contribution is 0.190.